The van der Waals surface area contributed by atoms with Gasteiger partial charge in [-0.2, -0.15) is 0 Å². The Hall–Kier alpha value is -3.13. The van der Waals surface area contributed by atoms with Crippen LogP contribution in [0, 0.1) is 5.92 Å². The minimum atomic E-state index is -0.443. The van der Waals surface area contributed by atoms with Crippen LogP contribution in [0.2, 0.25) is 0 Å². The summed E-state index contributed by atoms with van der Waals surface area (Å²) in [5.74, 6) is -0.345. The second-order valence-corrected chi connectivity index (χ2v) is 7.48. The molecular weight excluding hydrogens is 410 g/mol. The molecule has 0 radical (unpaired) electrons. The molecule has 0 fully saturated rings. The predicted molar refractivity (Wildman–Crippen MR) is 121 cm³/mol. The number of hydroxylamine groups is 2. The van der Waals surface area contributed by atoms with Gasteiger partial charge in [0.05, 0.1) is 25.7 Å². The standard InChI is InChI=1S/C24H33N3O5/c1-4-6-8-13-19(20(5-2)27(17-28)31-3)23(29)25-16-26-24(30)22-15-14-21(32-22)18-11-9-7-10-12-18/h7,9-12,14-15,17,19-20H,4-6,8,13,16H2,1-3H3,(H,25,29)(H,26,30)/t19-,20-/m1/s1. The highest BCUT2D eigenvalue weighted by Crippen LogP contribution is 2.22. The van der Waals surface area contributed by atoms with E-state index < -0.39 is 11.8 Å². The van der Waals surface area contributed by atoms with Crippen LogP contribution in [0.3, 0.4) is 0 Å². The molecule has 1 aromatic heterocycles. The lowest BCUT2D eigenvalue weighted by molar-refractivity contribution is -0.181. The van der Waals surface area contributed by atoms with Crippen LogP contribution in [0.25, 0.3) is 11.3 Å². The summed E-state index contributed by atoms with van der Waals surface area (Å²) < 4.78 is 5.63. The van der Waals surface area contributed by atoms with Crippen LogP contribution in [0.15, 0.2) is 46.9 Å². The highest BCUT2D eigenvalue weighted by molar-refractivity contribution is 5.92. The number of carbonyl (C=O) groups is 3. The Balaban J connectivity index is 1.95. The third-order valence-electron chi connectivity index (χ3n) is 5.38. The van der Waals surface area contributed by atoms with Crippen LogP contribution in [0.1, 0.15) is 56.5 Å². The lowest BCUT2D eigenvalue weighted by Gasteiger charge is -2.31. The van der Waals surface area contributed by atoms with Crippen molar-refractivity contribution in [2.75, 3.05) is 13.8 Å². The molecule has 8 nitrogen and oxygen atoms in total. The number of benzene rings is 1. The molecule has 1 aromatic carbocycles. The van der Waals surface area contributed by atoms with Crippen LogP contribution in [-0.2, 0) is 14.4 Å². The van der Waals surface area contributed by atoms with E-state index in [-0.39, 0.29) is 24.4 Å². The van der Waals surface area contributed by atoms with Crippen LogP contribution < -0.4 is 10.6 Å². The Morgan fingerprint density at radius 1 is 1.09 bits per heavy atom. The molecular formula is C24H33N3O5. The molecule has 32 heavy (non-hydrogen) atoms. The Morgan fingerprint density at radius 2 is 1.84 bits per heavy atom. The summed E-state index contributed by atoms with van der Waals surface area (Å²) in [5.41, 5.74) is 0.873. The number of rotatable bonds is 14. The van der Waals surface area contributed by atoms with Crippen molar-refractivity contribution in [3.05, 3.63) is 48.2 Å². The fraction of sp³-hybridized carbons (Fsp3) is 0.458. The maximum atomic E-state index is 12.9. The normalized spacial score (nSPS) is 12.6. The van der Waals surface area contributed by atoms with Gasteiger partial charge in [0.1, 0.15) is 5.76 Å². The van der Waals surface area contributed by atoms with E-state index in [0.29, 0.717) is 25.0 Å². The monoisotopic (exact) mass is 443 g/mol. The van der Waals surface area contributed by atoms with E-state index in [1.807, 2.05) is 37.3 Å². The molecule has 2 aromatic rings. The van der Waals surface area contributed by atoms with Gasteiger partial charge in [-0.15, -0.1) is 0 Å². The maximum Gasteiger partial charge on any atom is 0.288 e. The van der Waals surface area contributed by atoms with E-state index in [9.17, 15) is 14.4 Å². The van der Waals surface area contributed by atoms with E-state index in [1.165, 1.54) is 12.2 Å². The quantitative estimate of drug-likeness (QED) is 0.200. The number of furan rings is 1. The number of carbonyl (C=O) groups excluding carboxylic acids is 3. The zero-order valence-corrected chi connectivity index (χ0v) is 19.0. The highest BCUT2D eigenvalue weighted by atomic mass is 16.7. The summed E-state index contributed by atoms with van der Waals surface area (Å²) in [6.07, 6.45) is 4.67. The number of nitrogens with zero attached hydrogens (tertiary/aromatic N) is 1. The highest BCUT2D eigenvalue weighted by Gasteiger charge is 2.31. The fourth-order valence-corrected chi connectivity index (χ4v) is 3.66. The summed E-state index contributed by atoms with van der Waals surface area (Å²) in [5, 5.41) is 6.59. The van der Waals surface area contributed by atoms with Crippen molar-refractivity contribution < 1.29 is 23.6 Å². The zero-order chi connectivity index (χ0) is 23.3. The molecule has 0 aliphatic heterocycles. The lowest BCUT2D eigenvalue weighted by Crippen LogP contribution is -2.48. The van der Waals surface area contributed by atoms with Crippen molar-refractivity contribution in [1.82, 2.24) is 15.7 Å². The molecule has 0 saturated carbocycles. The molecule has 3 amide bonds. The molecule has 2 atom stereocenters. The molecule has 8 heteroatoms. The van der Waals surface area contributed by atoms with E-state index in [1.54, 1.807) is 12.1 Å². The molecule has 174 valence electrons. The van der Waals surface area contributed by atoms with Gasteiger partial charge in [0.2, 0.25) is 12.3 Å². The fourth-order valence-electron chi connectivity index (χ4n) is 3.66. The molecule has 1 heterocycles. The van der Waals surface area contributed by atoms with Crippen molar-refractivity contribution in [2.45, 2.75) is 52.0 Å². The Bertz CT molecular complexity index is 852. The van der Waals surface area contributed by atoms with E-state index >= 15 is 0 Å². The SMILES string of the molecule is CCCCC[C@@H](C(=O)NCNC(=O)c1ccc(-c2ccccc2)o1)[C@@H](CC)N(C=O)OC. The molecule has 2 rings (SSSR count). The molecule has 0 aliphatic rings. The zero-order valence-electron chi connectivity index (χ0n) is 19.0. The molecule has 0 saturated heterocycles. The topological polar surface area (TPSA) is 101 Å². The third-order valence-corrected chi connectivity index (χ3v) is 5.38. The summed E-state index contributed by atoms with van der Waals surface area (Å²) >= 11 is 0. The molecule has 0 unspecified atom stereocenters. The first-order valence-corrected chi connectivity index (χ1v) is 11.0. The minimum absolute atomic E-state index is 0.0478. The van der Waals surface area contributed by atoms with Crippen LogP contribution in [0.4, 0.5) is 0 Å². The van der Waals surface area contributed by atoms with Crippen molar-refractivity contribution in [3.8, 4) is 11.3 Å². The van der Waals surface area contributed by atoms with Crippen molar-refractivity contribution in [2.24, 2.45) is 5.92 Å². The van der Waals surface area contributed by atoms with Gasteiger partial charge < -0.3 is 15.1 Å². The first-order chi connectivity index (χ1) is 15.5. The number of nitrogens with one attached hydrogen (secondary N) is 2. The molecule has 0 aliphatic carbocycles. The number of unbranched alkanes of at least 4 members (excludes halogenated alkanes) is 2. The van der Waals surface area contributed by atoms with E-state index in [0.717, 1.165) is 24.8 Å². The summed E-state index contributed by atoms with van der Waals surface area (Å²) in [7, 11) is 1.41. The minimum Gasteiger partial charge on any atom is -0.451 e. The average Bonchev–Trinajstić information content (AvgIpc) is 3.32. The Morgan fingerprint density at radius 3 is 2.47 bits per heavy atom. The Labute approximate surface area is 189 Å². The molecule has 0 bridgehead atoms. The van der Waals surface area contributed by atoms with Gasteiger partial charge in [-0.25, -0.2) is 5.06 Å². The number of hydrogen-bond donors (Lipinski definition) is 2. The smallest absolute Gasteiger partial charge is 0.288 e. The molecule has 2 N–H and O–H groups in total. The maximum absolute atomic E-state index is 12.9. The predicted octanol–water partition coefficient (Wildman–Crippen LogP) is 3.75. The summed E-state index contributed by atoms with van der Waals surface area (Å²) in [4.78, 5) is 41.8. The average molecular weight is 444 g/mol. The van der Waals surface area contributed by atoms with Gasteiger partial charge in [0.25, 0.3) is 5.91 Å². The third kappa shape index (κ3) is 6.95. The van der Waals surface area contributed by atoms with Gasteiger partial charge in [0.15, 0.2) is 5.76 Å². The second-order valence-electron chi connectivity index (χ2n) is 7.48. The number of amides is 3. The lowest BCUT2D eigenvalue weighted by atomic mass is 9.90. The molecule has 0 spiro atoms. The Kier molecular flexibility index (Phi) is 10.5. The van der Waals surface area contributed by atoms with Crippen LogP contribution in [0.5, 0.6) is 0 Å². The van der Waals surface area contributed by atoms with Crippen LogP contribution >= 0.6 is 0 Å². The van der Waals surface area contributed by atoms with Crippen molar-refractivity contribution in [1.29, 1.82) is 0 Å². The summed E-state index contributed by atoms with van der Waals surface area (Å²) in [6.45, 7) is 3.95. The number of hydrogen-bond acceptors (Lipinski definition) is 5. The first kappa shape index (κ1) is 25.1. The van der Waals surface area contributed by atoms with E-state index in [2.05, 4.69) is 17.6 Å². The van der Waals surface area contributed by atoms with Crippen molar-refractivity contribution >= 4 is 18.2 Å². The van der Waals surface area contributed by atoms with Gasteiger partial charge in [-0.1, -0.05) is 63.4 Å². The van der Waals surface area contributed by atoms with Crippen LogP contribution in [-0.4, -0.2) is 43.1 Å². The van der Waals surface area contributed by atoms with Gasteiger partial charge in [0, 0.05) is 5.56 Å². The summed E-state index contributed by atoms with van der Waals surface area (Å²) in [6, 6.07) is 12.4. The van der Waals surface area contributed by atoms with Gasteiger partial charge in [-0.3, -0.25) is 19.2 Å². The van der Waals surface area contributed by atoms with Gasteiger partial charge in [-0.05, 0) is 25.0 Å². The largest absolute Gasteiger partial charge is 0.451 e. The van der Waals surface area contributed by atoms with E-state index in [4.69, 9.17) is 9.25 Å². The van der Waals surface area contributed by atoms with Gasteiger partial charge >= 0.3 is 0 Å². The second kappa shape index (κ2) is 13.3. The van der Waals surface area contributed by atoms with Crippen molar-refractivity contribution in [3.63, 3.8) is 0 Å². The first-order valence-electron chi connectivity index (χ1n) is 11.0.